The van der Waals surface area contributed by atoms with Crippen LogP contribution in [0.1, 0.15) is 37.4 Å². The SMILES string of the molecule is O=C(N/N=C/c1ccc(C(=O)NCc2ccccc2C(F)(F)F)c2ccccc12)c1ccc(O)c(Cl)c1. The zero-order valence-corrected chi connectivity index (χ0v) is 19.8. The van der Waals surface area contributed by atoms with Crippen molar-refractivity contribution in [1.29, 1.82) is 0 Å². The molecule has 0 aliphatic rings. The van der Waals surface area contributed by atoms with Gasteiger partial charge in [-0.05, 0) is 46.7 Å². The molecule has 188 valence electrons. The van der Waals surface area contributed by atoms with Crippen molar-refractivity contribution >= 4 is 40.4 Å². The van der Waals surface area contributed by atoms with Crippen molar-refractivity contribution in [3.63, 3.8) is 0 Å². The lowest BCUT2D eigenvalue weighted by Gasteiger charge is -2.14. The number of nitrogens with one attached hydrogen (secondary N) is 2. The van der Waals surface area contributed by atoms with Gasteiger partial charge in [-0.3, -0.25) is 9.59 Å². The minimum absolute atomic E-state index is 0.0263. The summed E-state index contributed by atoms with van der Waals surface area (Å²) in [6.07, 6.45) is -3.12. The third-order valence-electron chi connectivity index (χ3n) is 5.54. The fraction of sp³-hybridized carbons (Fsp3) is 0.0741. The minimum Gasteiger partial charge on any atom is -0.506 e. The molecule has 0 unspecified atom stereocenters. The van der Waals surface area contributed by atoms with Crippen LogP contribution < -0.4 is 10.7 Å². The second kappa shape index (κ2) is 10.7. The van der Waals surface area contributed by atoms with Crippen LogP contribution in [0.3, 0.4) is 0 Å². The summed E-state index contributed by atoms with van der Waals surface area (Å²) in [5.41, 5.74) is 2.60. The molecular formula is C27H19ClF3N3O3. The molecule has 0 saturated heterocycles. The molecule has 0 aliphatic heterocycles. The Balaban J connectivity index is 1.52. The van der Waals surface area contributed by atoms with E-state index in [1.54, 1.807) is 30.3 Å². The fourth-order valence-corrected chi connectivity index (χ4v) is 3.91. The highest BCUT2D eigenvalue weighted by Crippen LogP contribution is 2.32. The van der Waals surface area contributed by atoms with E-state index in [0.717, 1.165) is 6.07 Å². The van der Waals surface area contributed by atoms with Crippen molar-refractivity contribution in [1.82, 2.24) is 10.7 Å². The van der Waals surface area contributed by atoms with Crippen LogP contribution in [0.4, 0.5) is 13.2 Å². The van der Waals surface area contributed by atoms with Crippen molar-refractivity contribution in [3.8, 4) is 5.75 Å². The molecule has 0 atom stereocenters. The molecule has 4 rings (SSSR count). The largest absolute Gasteiger partial charge is 0.506 e. The molecule has 3 N–H and O–H groups in total. The zero-order chi connectivity index (χ0) is 26.6. The number of hydrazone groups is 1. The van der Waals surface area contributed by atoms with Gasteiger partial charge < -0.3 is 10.4 Å². The van der Waals surface area contributed by atoms with Crippen molar-refractivity contribution in [2.45, 2.75) is 12.7 Å². The van der Waals surface area contributed by atoms with Crippen LogP contribution in [-0.4, -0.2) is 23.1 Å². The number of hydrogen-bond donors (Lipinski definition) is 3. The van der Waals surface area contributed by atoms with Crippen molar-refractivity contribution < 1.29 is 27.9 Å². The van der Waals surface area contributed by atoms with E-state index < -0.39 is 23.6 Å². The second-order valence-electron chi connectivity index (χ2n) is 7.95. The van der Waals surface area contributed by atoms with Crippen LogP contribution in [0.15, 0.2) is 84.0 Å². The molecule has 0 bridgehead atoms. The van der Waals surface area contributed by atoms with Gasteiger partial charge >= 0.3 is 6.18 Å². The van der Waals surface area contributed by atoms with Crippen LogP contribution in [0.2, 0.25) is 5.02 Å². The number of aromatic hydroxyl groups is 1. The summed E-state index contributed by atoms with van der Waals surface area (Å²) in [6, 6.07) is 19.2. The van der Waals surface area contributed by atoms with Gasteiger partial charge in [0.25, 0.3) is 11.8 Å². The molecular weight excluding hydrogens is 507 g/mol. The molecule has 0 aliphatic carbocycles. The number of benzene rings is 4. The number of halogens is 4. The predicted octanol–water partition coefficient (Wildman–Crippen LogP) is 5.91. The summed E-state index contributed by atoms with van der Waals surface area (Å²) in [4.78, 5) is 25.2. The van der Waals surface area contributed by atoms with E-state index >= 15 is 0 Å². The highest BCUT2D eigenvalue weighted by molar-refractivity contribution is 6.32. The number of amides is 2. The lowest BCUT2D eigenvalue weighted by Crippen LogP contribution is -2.24. The maximum absolute atomic E-state index is 13.3. The quantitative estimate of drug-likeness (QED) is 0.216. The van der Waals surface area contributed by atoms with Gasteiger partial charge in [-0.2, -0.15) is 18.3 Å². The number of carbonyl (C=O) groups excluding carboxylic acids is 2. The number of phenolic OH excluding ortho intramolecular Hbond substituents is 1. The molecule has 0 spiro atoms. The molecule has 6 nitrogen and oxygen atoms in total. The second-order valence-corrected chi connectivity index (χ2v) is 8.36. The Kier molecular flexibility index (Phi) is 7.45. The smallest absolute Gasteiger partial charge is 0.416 e. The van der Waals surface area contributed by atoms with E-state index in [0.29, 0.717) is 16.3 Å². The van der Waals surface area contributed by atoms with E-state index in [2.05, 4.69) is 15.8 Å². The summed E-state index contributed by atoms with van der Waals surface area (Å²) >= 11 is 5.83. The van der Waals surface area contributed by atoms with Gasteiger partial charge in [-0.25, -0.2) is 5.43 Å². The lowest BCUT2D eigenvalue weighted by molar-refractivity contribution is -0.138. The Morgan fingerprint density at radius 3 is 2.35 bits per heavy atom. The van der Waals surface area contributed by atoms with Crippen molar-refractivity contribution in [2.24, 2.45) is 5.10 Å². The number of rotatable bonds is 6. The zero-order valence-electron chi connectivity index (χ0n) is 19.0. The standard InChI is InChI=1S/C27H19ClF3N3O3/c28-23-13-16(10-12-24(23)35)25(36)34-33-15-17-9-11-21(20-7-3-2-6-19(17)20)26(37)32-14-18-5-1-4-8-22(18)27(29,30)31/h1-13,15,35H,14H2,(H,32,37)(H,34,36)/b33-15+. The van der Waals surface area contributed by atoms with Crippen LogP contribution in [0.5, 0.6) is 5.75 Å². The molecule has 0 fully saturated rings. The highest BCUT2D eigenvalue weighted by atomic mass is 35.5. The van der Waals surface area contributed by atoms with Crippen LogP contribution >= 0.6 is 11.6 Å². The van der Waals surface area contributed by atoms with Gasteiger partial charge in [0.05, 0.1) is 16.8 Å². The number of fused-ring (bicyclic) bond motifs is 1. The summed E-state index contributed by atoms with van der Waals surface area (Å²) in [5.74, 6) is -1.23. The van der Waals surface area contributed by atoms with Gasteiger partial charge in [-0.15, -0.1) is 0 Å². The lowest BCUT2D eigenvalue weighted by atomic mass is 9.99. The fourth-order valence-electron chi connectivity index (χ4n) is 3.73. The molecule has 10 heteroatoms. The summed E-state index contributed by atoms with van der Waals surface area (Å²) in [5, 5.41) is 17.2. The van der Waals surface area contributed by atoms with Gasteiger partial charge in [0, 0.05) is 23.2 Å². The Morgan fingerprint density at radius 1 is 0.919 bits per heavy atom. The van der Waals surface area contributed by atoms with Crippen LogP contribution in [0.25, 0.3) is 10.8 Å². The molecule has 4 aromatic rings. The van der Waals surface area contributed by atoms with Gasteiger partial charge in [0.1, 0.15) is 5.75 Å². The maximum atomic E-state index is 13.3. The van der Waals surface area contributed by atoms with Crippen molar-refractivity contribution in [2.75, 3.05) is 0 Å². The van der Waals surface area contributed by atoms with E-state index in [-0.39, 0.29) is 34.0 Å². The van der Waals surface area contributed by atoms with Gasteiger partial charge in [-0.1, -0.05) is 60.1 Å². The first-order valence-electron chi connectivity index (χ1n) is 10.9. The molecule has 0 radical (unpaired) electrons. The summed E-state index contributed by atoms with van der Waals surface area (Å²) in [6.45, 7) is -0.292. The first-order valence-corrected chi connectivity index (χ1v) is 11.3. The molecule has 37 heavy (non-hydrogen) atoms. The number of carbonyl (C=O) groups is 2. The summed E-state index contributed by atoms with van der Waals surface area (Å²) in [7, 11) is 0. The molecule has 0 aromatic heterocycles. The monoisotopic (exact) mass is 525 g/mol. The minimum atomic E-state index is -4.53. The first kappa shape index (κ1) is 25.7. The number of phenols is 1. The average molecular weight is 526 g/mol. The normalized spacial score (nSPS) is 11.6. The van der Waals surface area contributed by atoms with E-state index in [1.165, 1.54) is 48.7 Å². The topological polar surface area (TPSA) is 90.8 Å². The Labute approximate surface area is 214 Å². The summed E-state index contributed by atoms with van der Waals surface area (Å²) < 4.78 is 39.8. The van der Waals surface area contributed by atoms with Crippen LogP contribution in [-0.2, 0) is 12.7 Å². The number of alkyl halides is 3. The highest BCUT2D eigenvalue weighted by Gasteiger charge is 2.32. The predicted molar refractivity (Wildman–Crippen MR) is 135 cm³/mol. The Bertz CT molecular complexity index is 1520. The number of hydrogen-bond acceptors (Lipinski definition) is 4. The molecule has 2 amide bonds. The Hall–Kier alpha value is -4.37. The number of nitrogens with zero attached hydrogens (tertiary/aromatic N) is 1. The molecule has 0 saturated carbocycles. The van der Waals surface area contributed by atoms with Gasteiger partial charge in [0.2, 0.25) is 0 Å². The van der Waals surface area contributed by atoms with Gasteiger partial charge in [0.15, 0.2) is 0 Å². The third-order valence-corrected chi connectivity index (χ3v) is 5.85. The molecule has 4 aromatic carbocycles. The van der Waals surface area contributed by atoms with Crippen LogP contribution in [0, 0.1) is 0 Å². The third kappa shape index (κ3) is 5.90. The Morgan fingerprint density at radius 2 is 1.62 bits per heavy atom. The van der Waals surface area contributed by atoms with Crippen molar-refractivity contribution in [3.05, 3.63) is 112 Å². The average Bonchev–Trinajstić information content (AvgIpc) is 2.88. The first-order chi connectivity index (χ1) is 17.6. The van der Waals surface area contributed by atoms with E-state index in [4.69, 9.17) is 11.6 Å². The molecule has 0 heterocycles. The maximum Gasteiger partial charge on any atom is 0.416 e. The van der Waals surface area contributed by atoms with E-state index in [9.17, 15) is 27.9 Å². The van der Waals surface area contributed by atoms with E-state index in [1.807, 2.05) is 0 Å².